The molecular weight excluding hydrogens is 773 g/mol. The summed E-state index contributed by atoms with van der Waals surface area (Å²) in [4.78, 5) is 63.8. The Morgan fingerprint density at radius 3 is 2.38 bits per heavy atom. The Bertz CT molecular complexity index is 2030. The monoisotopic (exact) mass is 827 g/mol. The second-order valence-electron chi connectivity index (χ2n) is 17.0. The fourth-order valence-corrected chi connectivity index (χ4v) is 9.36. The number of carbonyl (C=O) groups excluding carboxylic acids is 4. The molecule has 5 aliphatic rings. The number of piperazine rings is 1. The maximum atomic E-state index is 15.2. The molecule has 1 aromatic heterocycles. The number of aromatic nitrogens is 2. The SMILES string of the molecule is O=C1CCC(Nc2ccc(N3CCN(CC4CCC(CNC(=O)[C@H]5CC[C@H](Nc6ncc(F)c(-c7cccc(N8CCCOC8=O)c7)n6)CC5)CC4)CC3)c(F)c2)C(=O)N1. The molecular formula is C44H55F2N9O5. The first-order valence-electron chi connectivity index (χ1n) is 21.6. The fraction of sp³-hybridized carbons (Fsp3) is 0.545. The average molecular weight is 828 g/mol. The van der Waals surface area contributed by atoms with Crippen molar-refractivity contribution < 1.29 is 32.7 Å². The molecule has 8 rings (SSSR count). The number of cyclic esters (lactones) is 1. The zero-order chi connectivity index (χ0) is 41.6. The zero-order valence-electron chi connectivity index (χ0n) is 34.0. The van der Waals surface area contributed by atoms with E-state index in [0.29, 0.717) is 66.5 Å². The summed E-state index contributed by atoms with van der Waals surface area (Å²) in [6.45, 7) is 5.90. The van der Waals surface area contributed by atoms with Crippen molar-refractivity contribution in [1.29, 1.82) is 0 Å². The molecule has 0 spiro atoms. The zero-order valence-corrected chi connectivity index (χ0v) is 34.0. The molecule has 4 N–H and O–H groups in total. The Morgan fingerprint density at radius 1 is 0.850 bits per heavy atom. The van der Waals surface area contributed by atoms with Crippen LogP contribution in [0.15, 0.2) is 48.7 Å². The molecule has 0 bridgehead atoms. The Hall–Kier alpha value is -5.38. The molecule has 1 atom stereocenters. The normalized spacial score (nSPS) is 25.3. The number of carbonyl (C=O) groups is 4. The molecule has 320 valence electrons. The minimum atomic E-state index is -0.553. The maximum absolute atomic E-state index is 15.2. The number of rotatable bonds is 12. The highest BCUT2D eigenvalue weighted by molar-refractivity contribution is 6.01. The number of benzene rings is 2. The van der Waals surface area contributed by atoms with Gasteiger partial charge in [0, 0.05) is 81.1 Å². The number of ether oxygens (including phenoxy) is 1. The summed E-state index contributed by atoms with van der Waals surface area (Å²) in [5.74, 6) is -0.0131. The highest BCUT2D eigenvalue weighted by Crippen LogP contribution is 2.32. The average Bonchev–Trinajstić information content (AvgIpc) is 3.26. The van der Waals surface area contributed by atoms with E-state index < -0.39 is 18.0 Å². The predicted octanol–water partition coefficient (Wildman–Crippen LogP) is 5.70. The minimum Gasteiger partial charge on any atom is -0.449 e. The van der Waals surface area contributed by atoms with Crippen molar-refractivity contribution in [3.63, 3.8) is 0 Å². The Morgan fingerprint density at radius 2 is 1.63 bits per heavy atom. The van der Waals surface area contributed by atoms with Crippen LogP contribution < -0.4 is 31.1 Å². The van der Waals surface area contributed by atoms with Crippen molar-refractivity contribution in [1.82, 2.24) is 25.5 Å². The lowest BCUT2D eigenvalue weighted by atomic mass is 9.81. The highest BCUT2D eigenvalue weighted by atomic mass is 19.1. The molecule has 3 saturated heterocycles. The first kappa shape index (κ1) is 41.4. The Labute approximate surface area is 349 Å². The van der Waals surface area contributed by atoms with Crippen LogP contribution in [0.5, 0.6) is 0 Å². The smallest absolute Gasteiger partial charge is 0.414 e. The van der Waals surface area contributed by atoms with E-state index in [1.165, 1.54) is 12.3 Å². The van der Waals surface area contributed by atoms with Crippen molar-refractivity contribution in [2.45, 2.75) is 82.7 Å². The molecule has 60 heavy (non-hydrogen) atoms. The van der Waals surface area contributed by atoms with Crippen LogP contribution in [-0.4, -0.2) is 103 Å². The van der Waals surface area contributed by atoms with Crippen LogP contribution >= 0.6 is 0 Å². The van der Waals surface area contributed by atoms with Gasteiger partial charge in [-0.15, -0.1) is 0 Å². The quantitative estimate of drug-likeness (QED) is 0.166. The molecule has 3 aliphatic heterocycles. The lowest BCUT2D eigenvalue weighted by molar-refractivity contribution is -0.133. The first-order chi connectivity index (χ1) is 29.1. The van der Waals surface area contributed by atoms with Crippen molar-refractivity contribution in [2.24, 2.45) is 17.8 Å². The standard InChI is InChI=1S/C44H55F2N9O5/c45-35-24-33(49-37-14-16-39(56)51-42(37)58)13-15-38(35)54-20-18-53(19-21-54)27-29-7-5-28(6-8-29)25-47-41(57)30-9-11-32(12-10-30)50-43-48-26-36(46)40(52-43)31-3-1-4-34(23-31)55-17-2-22-60-44(55)59/h1,3-4,13,15,23-24,26,28-30,32,37,49H,2,5-12,14,16-22,25,27H2,(H,47,57)(H,48,50,52)(H,51,56,58)/t28?,29?,30-,32-,37?. The molecule has 5 fully saturated rings. The fourth-order valence-electron chi connectivity index (χ4n) is 9.36. The van der Waals surface area contributed by atoms with Crippen LogP contribution in [-0.2, 0) is 19.1 Å². The predicted molar refractivity (Wildman–Crippen MR) is 223 cm³/mol. The van der Waals surface area contributed by atoms with Gasteiger partial charge in [-0.3, -0.25) is 29.5 Å². The highest BCUT2D eigenvalue weighted by Gasteiger charge is 2.31. The molecule has 14 nitrogen and oxygen atoms in total. The van der Waals surface area contributed by atoms with E-state index >= 15 is 4.39 Å². The lowest BCUT2D eigenvalue weighted by Crippen LogP contribution is -2.48. The van der Waals surface area contributed by atoms with E-state index in [0.717, 1.165) is 90.5 Å². The van der Waals surface area contributed by atoms with Gasteiger partial charge in [-0.2, -0.15) is 0 Å². The van der Waals surface area contributed by atoms with Gasteiger partial charge in [0.25, 0.3) is 0 Å². The number of halogens is 2. The van der Waals surface area contributed by atoms with Crippen molar-refractivity contribution in [3.8, 4) is 11.3 Å². The van der Waals surface area contributed by atoms with Gasteiger partial charge in [-0.25, -0.2) is 23.5 Å². The van der Waals surface area contributed by atoms with Crippen LogP contribution in [0.25, 0.3) is 11.3 Å². The molecule has 2 aliphatic carbocycles. The third kappa shape index (κ3) is 10.1. The Balaban J connectivity index is 0.720. The van der Waals surface area contributed by atoms with Crippen molar-refractivity contribution in [3.05, 3.63) is 60.3 Å². The van der Waals surface area contributed by atoms with Crippen LogP contribution in [0.3, 0.4) is 0 Å². The molecule has 16 heteroatoms. The van der Waals surface area contributed by atoms with Crippen LogP contribution in [0, 0.1) is 29.4 Å². The van der Waals surface area contributed by atoms with Crippen LogP contribution in [0.4, 0.5) is 36.6 Å². The van der Waals surface area contributed by atoms with Gasteiger partial charge in [0.1, 0.15) is 17.6 Å². The summed E-state index contributed by atoms with van der Waals surface area (Å²) in [6.07, 6.45) is 9.67. The second kappa shape index (κ2) is 18.9. The van der Waals surface area contributed by atoms with E-state index in [1.54, 1.807) is 41.3 Å². The number of hydrogen-bond donors (Lipinski definition) is 4. The van der Waals surface area contributed by atoms with E-state index in [2.05, 4.69) is 41.0 Å². The molecule has 1 unspecified atom stereocenters. The molecule has 0 radical (unpaired) electrons. The number of hydrogen-bond acceptors (Lipinski definition) is 11. The van der Waals surface area contributed by atoms with Crippen molar-refractivity contribution >= 4 is 46.8 Å². The third-order valence-electron chi connectivity index (χ3n) is 12.9. The first-order valence-corrected chi connectivity index (χ1v) is 21.6. The summed E-state index contributed by atoms with van der Waals surface area (Å²) in [6, 6.07) is 11.6. The molecule has 3 aromatic rings. The summed E-state index contributed by atoms with van der Waals surface area (Å²) in [5, 5.41) is 12.0. The van der Waals surface area contributed by atoms with Gasteiger partial charge in [-0.05, 0) is 106 Å². The Kier molecular flexibility index (Phi) is 13.0. The van der Waals surface area contributed by atoms with Gasteiger partial charge < -0.3 is 25.6 Å². The second-order valence-corrected chi connectivity index (χ2v) is 17.0. The summed E-state index contributed by atoms with van der Waals surface area (Å²) < 4.78 is 35.3. The number of amides is 4. The van der Waals surface area contributed by atoms with Gasteiger partial charge in [0.15, 0.2) is 5.82 Å². The number of anilines is 4. The number of nitrogens with zero attached hydrogens (tertiary/aromatic N) is 5. The third-order valence-corrected chi connectivity index (χ3v) is 12.9. The number of imide groups is 1. The molecule has 4 amide bonds. The van der Waals surface area contributed by atoms with Crippen molar-refractivity contribution in [2.75, 3.05) is 72.9 Å². The molecule has 2 saturated carbocycles. The summed E-state index contributed by atoms with van der Waals surface area (Å²) in [5.41, 5.74) is 2.41. The molecule has 4 heterocycles. The number of piperidine rings is 1. The van der Waals surface area contributed by atoms with Gasteiger partial charge in [-0.1, -0.05) is 12.1 Å². The molecule has 2 aromatic carbocycles. The topological polar surface area (TPSA) is 161 Å². The largest absolute Gasteiger partial charge is 0.449 e. The summed E-state index contributed by atoms with van der Waals surface area (Å²) in [7, 11) is 0. The van der Waals surface area contributed by atoms with Crippen LogP contribution in [0.1, 0.15) is 70.6 Å². The van der Waals surface area contributed by atoms with E-state index in [-0.39, 0.29) is 47.6 Å². The number of nitrogens with one attached hydrogen (secondary N) is 4. The van der Waals surface area contributed by atoms with Crippen LogP contribution in [0.2, 0.25) is 0 Å². The van der Waals surface area contributed by atoms with E-state index in [4.69, 9.17) is 4.74 Å². The van der Waals surface area contributed by atoms with Gasteiger partial charge in [0.2, 0.25) is 23.7 Å². The van der Waals surface area contributed by atoms with E-state index in [1.807, 2.05) is 0 Å². The van der Waals surface area contributed by atoms with Gasteiger partial charge >= 0.3 is 6.09 Å². The lowest BCUT2D eigenvalue weighted by Gasteiger charge is -2.39. The van der Waals surface area contributed by atoms with Gasteiger partial charge in [0.05, 0.1) is 18.5 Å². The summed E-state index contributed by atoms with van der Waals surface area (Å²) >= 11 is 0. The minimum absolute atomic E-state index is 0.0344. The maximum Gasteiger partial charge on any atom is 0.414 e. The van der Waals surface area contributed by atoms with E-state index in [9.17, 15) is 23.6 Å².